The fraction of sp³-hybridized carbons (Fsp3) is 0.261. The van der Waals surface area contributed by atoms with Gasteiger partial charge in [-0.15, -0.1) is 0 Å². The lowest BCUT2D eigenvalue weighted by atomic mass is 10.1. The Morgan fingerprint density at radius 3 is 2.69 bits per heavy atom. The number of rotatable bonds is 7. The molecule has 2 heterocycles. The van der Waals surface area contributed by atoms with Crippen LogP contribution in [-0.4, -0.2) is 34.6 Å². The molecule has 1 aliphatic rings. The number of hydrogen-bond acceptors (Lipinski definition) is 4. The standard InChI is InChI=1S/C23H23N5O/c24-14-18-6-8-19(9-7-18)16-27-17-25-15-21(27)10-12-26-22-11-13-28(23(22)29)20-4-2-1-3-5-20/h1-9,15,17,22,26H,10-13,16H2/t22-/m0/s1. The number of imidazole rings is 1. The lowest BCUT2D eigenvalue weighted by molar-refractivity contribution is -0.118. The van der Waals surface area contributed by atoms with Gasteiger partial charge in [0.25, 0.3) is 0 Å². The van der Waals surface area contributed by atoms with Crippen molar-refractivity contribution in [2.75, 3.05) is 18.0 Å². The summed E-state index contributed by atoms with van der Waals surface area (Å²) in [7, 11) is 0. The van der Waals surface area contributed by atoms with E-state index in [0.717, 1.165) is 42.9 Å². The second-order valence-corrected chi connectivity index (χ2v) is 7.19. The predicted molar refractivity (Wildman–Crippen MR) is 111 cm³/mol. The molecular formula is C23H23N5O. The van der Waals surface area contributed by atoms with E-state index < -0.39 is 0 Å². The van der Waals surface area contributed by atoms with Crippen LogP contribution in [0.1, 0.15) is 23.2 Å². The van der Waals surface area contributed by atoms with Crippen LogP contribution in [-0.2, 0) is 17.8 Å². The Bertz CT molecular complexity index is 1000. The molecule has 6 heteroatoms. The first kappa shape index (κ1) is 18.9. The fourth-order valence-corrected chi connectivity index (χ4v) is 3.69. The summed E-state index contributed by atoms with van der Waals surface area (Å²) in [4.78, 5) is 18.8. The number of carbonyl (C=O) groups excluding carboxylic acids is 1. The number of aromatic nitrogens is 2. The quantitative estimate of drug-likeness (QED) is 0.679. The Kier molecular flexibility index (Phi) is 5.68. The van der Waals surface area contributed by atoms with E-state index in [2.05, 4.69) is 20.9 Å². The van der Waals surface area contributed by atoms with Crippen molar-refractivity contribution in [3.63, 3.8) is 0 Å². The molecule has 0 aliphatic carbocycles. The minimum atomic E-state index is -0.134. The largest absolute Gasteiger partial charge is 0.330 e. The highest BCUT2D eigenvalue weighted by molar-refractivity contribution is 5.99. The number of nitriles is 1. The zero-order chi connectivity index (χ0) is 20.1. The molecule has 0 radical (unpaired) electrons. The molecule has 1 N–H and O–H groups in total. The van der Waals surface area contributed by atoms with Crippen molar-refractivity contribution in [2.24, 2.45) is 0 Å². The van der Waals surface area contributed by atoms with E-state index in [4.69, 9.17) is 5.26 Å². The van der Waals surface area contributed by atoms with Gasteiger partial charge in [0, 0.05) is 43.6 Å². The van der Waals surface area contributed by atoms with E-state index in [1.54, 1.807) is 0 Å². The van der Waals surface area contributed by atoms with Gasteiger partial charge in [-0.25, -0.2) is 4.98 Å². The van der Waals surface area contributed by atoms with Crippen molar-refractivity contribution in [1.29, 1.82) is 5.26 Å². The summed E-state index contributed by atoms with van der Waals surface area (Å²) in [5.41, 5.74) is 3.87. The first-order chi connectivity index (χ1) is 14.2. The van der Waals surface area contributed by atoms with E-state index >= 15 is 0 Å². The summed E-state index contributed by atoms with van der Waals surface area (Å²) in [6.07, 6.45) is 5.31. The molecule has 4 rings (SSSR count). The molecule has 1 atom stereocenters. The molecule has 29 heavy (non-hydrogen) atoms. The van der Waals surface area contributed by atoms with Crippen LogP contribution >= 0.6 is 0 Å². The zero-order valence-corrected chi connectivity index (χ0v) is 16.2. The molecule has 0 unspecified atom stereocenters. The second-order valence-electron chi connectivity index (χ2n) is 7.19. The van der Waals surface area contributed by atoms with Gasteiger partial charge in [0.1, 0.15) is 0 Å². The van der Waals surface area contributed by atoms with Crippen molar-refractivity contribution in [1.82, 2.24) is 14.9 Å². The van der Waals surface area contributed by atoms with Crippen LogP contribution in [0.3, 0.4) is 0 Å². The molecule has 1 amide bonds. The van der Waals surface area contributed by atoms with Crippen LogP contribution in [0.15, 0.2) is 67.1 Å². The van der Waals surface area contributed by atoms with Crippen LogP contribution in [0.25, 0.3) is 0 Å². The molecule has 1 fully saturated rings. The zero-order valence-electron chi connectivity index (χ0n) is 16.2. The highest BCUT2D eigenvalue weighted by atomic mass is 16.2. The van der Waals surface area contributed by atoms with Crippen molar-refractivity contribution >= 4 is 11.6 Å². The number of benzene rings is 2. The second kappa shape index (κ2) is 8.72. The first-order valence-electron chi connectivity index (χ1n) is 9.82. The van der Waals surface area contributed by atoms with Crippen LogP contribution in [0.5, 0.6) is 0 Å². The number of amides is 1. The number of nitrogens with one attached hydrogen (secondary N) is 1. The summed E-state index contributed by atoms with van der Waals surface area (Å²) in [6, 6.07) is 19.4. The average molecular weight is 385 g/mol. The van der Waals surface area contributed by atoms with Crippen LogP contribution in [0.4, 0.5) is 5.69 Å². The van der Waals surface area contributed by atoms with Crippen molar-refractivity contribution in [3.8, 4) is 6.07 Å². The smallest absolute Gasteiger partial charge is 0.244 e. The van der Waals surface area contributed by atoms with E-state index in [9.17, 15) is 4.79 Å². The highest BCUT2D eigenvalue weighted by Gasteiger charge is 2.31. The molecule has 2 aromatic carbocycles. The molecule has 146 valence electrons. The SMILES string of the molecule is N#Cc1ccc(Cn2cncc2CCN[C@H]2CCN(c3ccccc3)C2=O)cc1. The van der Waals surface area contributed by atoms with Gasteiger partial charge < -0.3 is 14.8 Å². The van der Waals surface area contributed by atoms with E-state index in [1.807, 2.05) is 72.0 Å². The molecule has 1 saturated heterocycles. The fourth-order valence-electron chi connectivity index (χ4n) is 3.69. The van der Waals surface area contributed by atoms with Gasteiger partial charge in [-0.05, 0) is 36.2 Å². The van der Waals surface area contributed by atoms with Gasteiger partial charge in [-0.2, -0.15) is 5.26 Å². The number of para-hydroxylation sites is 1. The maximum Gasteiger partial charge on any atom is 0.244 e. The lowest BCUT2D eigenvalue weighted by Crippen LogP contribution is -2.39. The van der Waals surface area contributed by atoms with Crippen LogP contribution in [0.2, 0.25) is 0 Å². The summed E-state index contributed by atoms with van der Waals surface area (Å²) in [5, 5.41) is 12.3. The molecule has 0 spiro atoms. The molecule has 1 aromatic heterocycles. The maximum absolute atomic E-state index is 12.7. The Morgan fingerprint density at radius 2 is 1.93 bits per heavy atom. The molecule has 0 bridgehead atoms. The minimum Gasteiger partial charge on any atom is -0.330 e. The van der Waals surface area contributed by atoms with E-state index in [0.29, 0.717) is 12.1 Å². The summed E-state index contributed by atoms with van der Waals surface area (Å²) >= 11 is 0. The molecule has 0 saturated carbocycles. The third kappa shape index (κ3) is 4.36. The van der Waals surface area contributed by atoms with Crippen molar-refractivity contribution < 1.29 is 4.79 Å². The maximum atomic E-state index is 12.7. The van der Waals surface area contributed by atoms with E-state index in [-0.39, 0.29) is 11.9 Å². The van der Waals surface area contributed by atoms with Crippen molar-refractivity contribution in [2.45, 2.75) is 25.4 Å². The van der Waals surface area contributed by atoms with Gasteiger partial charge in [-0.3, -0.25) is 4.79 Å². The van der Waals surface area contributed by atoms with Gasteiger partial charge in [0.05, 0.1) is 24.0 Å². The Morgan fingerprint density at radius 1 is 1.14 bits per heavy atom. The normalized spacial score (nSPS) is 16.2. The third-order valence-electron chi connectivity index (χ3n) is 5.28. The number of nitrogens with zero attached hydrogens (tertiary/aromatic N) is 4. The molecule has 6 nitrogen and oxygen atoms in total. The first-order valence-corrected chi connectivity index (χ1v) is 9.82. The molecular weight excluding hydrogens is 362 g/mol. The number of carbonyl (C=O) groups is 1. The van der Waals surface area contributed by atoms with Gasteiger partial charge in [0.15, 0.2) is 0 Å². The Balaban J connectivity index is 1.31. The predicted octanol–water partition coefficient (Wildman–Crippen LogP) is 2.74. The minimum absolute atomic E-state index is 0.134. The number of anilines is 1. The summed E-state index contributed by atoms with van der Waals surface area (Å²) < 4.78 is 2.11. The number of hydrogen-bond donors (Lipinski definition) is 1. The summed E-state index contributed by atoms with van der Waals surface area (Å²) in [6.45, 7) is 2.18. The Labute approximate surface area is 170 Å². The van der Waals surface area contributed by atoms with Gasteiger partial charge >= 0.3 is 0 Å². The lowest BCUT2D eigenvalue weighted by Gasteiger charge is -2.17. The Hall–Kier alpha value is -3.43. The molecule has 3 aromatic rings. The topological polar surface area (TPSA) is 74.0 Å². The average Bonchev–Trinajstić information content (AvgIpc) is 3.36. The van der Waals surface area contributed by atoms with Crippen LogP contribution in [0, 0.1) is 11.3 Å². The molecule has 1 aliphatic heterocycles. The van der Waals surface area contributed by atoms with Crippen LogP contribution < -0.4 is 10.2 Å². The van der Waals surface area contributed by atoms with E-state index in [1.165, 1.54) is 0 Å². The summed E-state index contributed by atoms with van der Waals surface area (Å²) in [5.74, 6) is 0.141. The highest BCUT2D eigenvalue weighted by Crippen LogP contribution is 2.21. The van der Waals surface area contributed by atoms with Gasteiger partial charge in [-0.1, -0.05) is 30.3 Å². The van der Waals surface area contributed by atoms with Crippen molar-refractivity contribution in [3.05, 3.63) is 83.9 Å². The monoisotopic (exact) mass is 385 g/mol. The van der Waals surface area contributed by atoms with Gasteiger partial charge in [0.2, 0.25) is 5.91 Å². The third-order valence-corrected chi connectivity index (χ3v) is 5.28.